The van der Waals surface area contributed by atoms with Crippen LogP contribution in [0.25, 0.3) is 0 Å². The van der Waals surface area contributed by atoms with Crippen LogP contribution in [0.5, 0.6) is 0 Å². The summed E-state index contributed by atoms with van der Waals surface area (Å²) in [7, 11) is 0. The van der Waals surface area contributed by atoms with Gasteiger partial charge in [0.05, 0.1) is 0 Å². The zero-order chi connectivity index (χ0) is 13.2. The highest BCUT2D eigenvalue weighted by atomic mass is 127. The molecule has 0 saturated carbocycles. The van der Waals surface area contributed by atoms with Gasteiger partial charge in [-0.3, -0.25) is 4.99 Å². The second kappa shape index (κ2) is 11.8. The van der Waals surface area contributed by atoms with Gasteiger partial charge >= 0.3 is 0 Å². The number of aliphatic imine (C=N–C) groups is 1. The van der Waals surface area contributed by atoms with E-state index in [0.29, 0.717) is 5.96 Å². The van der Waals surface area contributed by atoms with E-state index in [1.807, 2.05) is 0 Å². The molecule has 1 heterocycles. The monoisotopic (exact) mass is 382 g/mol. The zero-order valence-electron chi connectivity index (χ0n) is 12.5. The molecule has 0 aromatic heterocycles. The minimum atomic E-state index is 0. The molecular weight excluding hydrogens is 351 g/mol. The fourth-order valence-electron chi connectivity index (χ4n) is 2.25. The van der Waals surface area contributed by atoms with Gasteiger partial charge in [0, 0.05) is 13.1 Å². The summed E-state index contributed by atoms with van der Waals surface area (Å²) in [4.78, 5) is 6.80. The topological polar surface area (TPSA) is 53.6 Å². The fraction of sp³-hybridized carbons (Fsp3) is 0.929. The minimum absolute atomic E-state index is 0. The number of likely N-dealkylation sites (tertiary alicyclic amines) is 1. The molecule has 1 aliphatic rings. The Labute approximate surface area is 135 Å². The molecule has 0 amide bonds. The Kier molecular flexibility index (Phi) is 11.7. The third-order valence-corrected chi connectivity index (χ3v) is 3.59. The van der Waals surface area contributed by atoms with Crippen LogP contribution >= 0.6 is 24.0 Å². The van der Waals surface area contributed by atoms with Gasteiger partial charge in [-0.25, -0.2) is 0 Å². The van der Waals surface area contributed by atoms with Gasteiger partial charge in [0.2, 0.25) is 0 Å². The highest BCUT2D eigenvalue weighted by Gasteiger charge is 2.14. The molecular formula is C14H31IN4. The van der Waals surface area contributed by atoms with Crippen molar-refractivity contribution in [3.8, 4) is 0 Å². The maximum absolute atomic E-state index is 5.73. The second-order valence-corrected chi connectivity index (χ2v) is 5.43. The van der Waals surface area contributed by atoms with Gasteiger partial charge in [-0.05, 0) is 57.7 Å². The maximum atomic E-state index is 5.73. The standard InChI is InChI=1S/C14H30N4.HI/c1-3-8-16-14(15)17-9-4-5-10-18-11-6-13(2)7-12-18;/h13H,3-12H2,1-2H3,(H3,15,16,17);1H. The van der Waals surface area contributed by atoms with Gasteiger partial charge in [0.15, 0.2) is 5.96 Å². The number of nitrogens with one attached hydrogen (secondary N) is 1. The van der Waals surface area contributed by atoms with E-state index < -0.39 is 0 Å². The first kappa shape index (κ1) is 19.0. The number of unbranched alkanes of at least 4 members (excludes halogenated alkanes) is 1. The quantitative estimate of drug-likeness (QED) is 0.308. The minimum Gasteiger partial charge on any atom is -0.370 e. The van der Waals surface area contributed by atoms with E-state index >= 15 is 0 Å². The number of rotatable bonds is 7. The lowest BCUT2D eigenvalue weighted by Crippen LogP contribution is -2.35. The molecule has 1 rings (SSSR count). The Morgan fingerprint density at radius 3 is 2.63 bits per heavy atom. The smallest absolute Gasteiger partial charge is 0.188 e. The lowest BCUT2D eigenvalue weighted by atomic mass is 9.99. The van der Waals surface area contributed by atoms with Crippen molar-refractivity contribution < 1.29 is 0 Å². The van der Waals surface area contributed by atoms with Crippen LogP contribution < -0.4 is 11.1 Å². The van der Waals surface area contributed by atoms with E-state index in [4.69, 9.17) is 5.73 Å². The molecule has 114 valence electrons. The molecule has 0 bridgehead atoms. The SMILES string of the molecule is CCCN=C(N)NCCCCN1CCC(C)CC1.I. The molecule has 3 N–H and O–H groups in total. The third-order valence-electron chi connectivity index (χ3n) is 3.59. The summed E-state index contributed by atoms with van der Waals surface area (Å²) in [5.74, 6) is 1.53. The van der Waals surface area contributed by atoms with Gasteiger partial charge in [0.1, 0.15) is 0 Å². The first-order chi connectivity index (χ1) is 8.72. The predicted molar refractivity (Wildman–Crippen MR) is 94.3 cm³/mol. The summed E-state index contributed by atoms with van der Waals surface area (Å²) in [6.45, 7) is 10.0. The lowest BCUT2D eigenvalue weighted by molar-refractivity contribution is 0.189. The molecule has 0 aliphatic carbocycles. The van der Waals surface area contributed by atoms with Crippen LogP contribution in [0, 0.1) is 5.92 Å². The van der Waals surface area contributed by atoms with Crippen molar-refractivity contribution in [3.05, 3.63) is 0 Å². The molecule has 1 aliphatic heterocycles. The summed E-state index contributed by atoms with van der Waals surface area (Å²) >= 11 is 0. The molecule has 0 atom stereocenters. The maximum Gasteiger partial charge on any atom is 0.188 e. The van der Waals surface area contributed by atoms with E-state index in [2.05, 4.69) is 29.1 Å². The number of hydrogen-bond acceptors (Lipinski definition) is 2. The normalized spacial score (nSPS) is 18.1. The van der Waals surface area contributed by atoms with Crippen LogP contribution in [-0.4, -0.2) is 43.6 Å². The molecule has 1 saturated heterocycles. The lowest BCUT2D eigenvalue weighted by Gasteiger charge is -2.30. The van der Waals surface area contributed by atoms with Crippen LogP contribution in [0.4, 0.5) is 0 Å². The summed E-state index contributed by atoms with van der Waals surface area (Å²) in [5, 5.41) is 3.17. The highest BCUT2D eigenvalue weighted by Crippen LogP contribution is 2.15. The van der Waals surface area contributed by atoms with Crippen LogP contribution in [0.1, 0.15) is 46.0 Å². The van der Waals surface area contributed by atoms with E-state index in [9.17, 15) is 0 Å². The van der Waals surface area contributed by atoms with Crippen molar-refractivity contribution in [2.75, 3.05) is 32.7 Å². The Balaban J connectivity index is 0.00000324. The Morgan fingerprint density at radius 2 is 2.00 bits per heavy atom. The summed E-state index contributed by atoms with van der Waals surface area (Å²) in [5.41, 5.74) is 5.73. The zero-order valence-corrected chi connectivity index (χ0v) is 14.9. The van der Waals surface area contributed by atoms with E-state index in [1.165, 1.54) is 45.3 Å². The van der Waals surface area contributed by atoms with Crippen molar-refractivity contribution in [2.45, 2.75) is 46.0 Å². The molecule has 0 aromatic carbocycles. The molecule has 0 radical (unpaired) electrons. The number of halogens is 1. The number of guanidine groups is 1. The fourth-order valence-corrected chi connectivity index (χ4v) is 2.25. The number of hydrogen-bond donors (Lipinski definition) is 2. The summed E-state index contributed by atoms with van der Waals surface area (Å²) in [6.07, 6.45) is 6.22. The van der Waals surface area contributed by atoms with Crippen molar-refractivity contribution in [2.24, 2.45) is 16.6 Å². The average Bonchev–Trinajstić information content (AvgIpc) is 2.38. The van der Waals surface area contributed by atoms with Gasteiger partial charge in [-0.15, -0.1) is 24.0 Å². The van der Waals surface area contributed by atoms with Gasteiger partial charge < -0.3 is 16.0 Å². The van der Waals surface area contributed by atoms with E-state index in [0.717, 1.165) is 25.4 Å². The van der Waals surface area contributed by atoms with Gasteiger partial charge in [0.25, 0.3) is 0 Å². The largest absolute Gasteiger partial charge is 0.370 e. The first-order valence-corrected chi connectivity index (χ1v) is 7.48. The molecule has 1 fully saturated rings. The van der Waals surface area contributed by atoms with Crippen LogP contribution in [0.3, 0.4) is 0 Å². The average molecular weight is 382 g/mol. The van der Waals surface area contributed by atoms with Crippen molar-refractivity contribution in [3.63, 3.8) is 0 Å². The van der Waals surface area contributed by atoms with Crippen LogP contribution in [0.15, 0.2) is 4.99 Å². The molecule has 0 aromatic rings. The predicted octanol–water partition coefficient (Wildman–Crippen LogP) is 2.43. The summed E-state index contributed by atoms with van der Waals surface area (Å²) < 4.78 is 0. The van der Waals surface area contributed by atoms with Crippen LogP contribution in [-0.2, 0) is 0 Å². The van der Waals surface area contributed by atoms with Gasteiger partial charge in [-0.1, -0.05) is 13.8 Å². The molecule has 4 nitrogen and oxygen atoms in total. The van der Waals surface area contributed by atoms with Crippen LogP contribution in [0.2, 0.25) is 0 Å². The van der Waals surface area contributed by atoms with Crippen molar-refractivity contribution >= 4 is 29.9 Å². The molecule has 0 spiro atoms. The third kappa shape index (κ3) is 9.49. The first-order valence-electron chi connectivity index (χ1n) is 7.48. The number of nitrogens with zero attached hydrogens (tertiary/aromatic N) is 2. The Hall–Kier alpha value is -0.0400. The molecule has 5 heteroatoms. The van der Waals surface area contributed by atoms with E-state index in [-0.39, 0.29) is 24.0 Å². The van der Waals surface area contributed by atoms with E-state index in [1.54, 1.807) is 0 Å². The van der Waals surface area contributed by atoms with Crippen molar-refractivity contribution in [1.29, 1.82) is 0 Å². The van der Waals surface area contributed by atoms with Crippen molar-refractivity contribution in [1.82, 2.24) is 10.2 Å². The number of nitrogens with two attached hydrogens (primary N) is 1. The highest BCUT2D eigenvalue weighted by molar-refractivity contribution is 14.0. The Morgan fingerprint density at radius 1 is 1.32 bits per heavy atom. The summed E-state index contributed by atoms with van der Waals surface area (Å²) in [6, 6.07) is 0. The Bertz CT molecular complexity index is 238. The molecule has 0 unspecified atom stereocenters. The second-order valence-electron chi connectivity index (χ2n) is 5.43. The van der Waals surface area contributed by atoms with Gasteiger partial charge in [-0.2, -0.15) is 0 Å². The molecule has 19 heavy (non-hydrogen) atoms. The number of piperidine rings is 1.